The summed E-state index contributed by atoms with van der Waals surface area (Å²) in [5.74, 6) is 0.894. The van der Waals surface area contributed by atoms with Crippen LogP contribution in [0.5, 0.6) is 0 Å². The summed E-state index contributed by atoms with van der Waals surface area (Å²) >= 11 is 0. The Hall–Kier alpha value is -2.01. The standard InChI is InChI=1S/C31H45N3O/c1-24-10-6-8-12-27(24)30(28-13-9-7-11-25(28)2)29(35)23-32-16-14-26(15-17-32)22-33-18-20-34(21-19-33)31(3,4)5/h6-13,26,30H,14-23H2,1-5H3. The molecule has 0 atom stereocenters. The molecule has 0 aromatic heterocycles. The van der Waals surface area contributed by atoms with Crippen LogP contribution in [0.1, 0.15) is 61.8 Å². The van der Waals surface area contributed by atoms with Crippen LogP contribution in [0.2, 0.25) is 0 Å². The Bertz CT molecular complexity index is 933. The lowest BCUT2D eigenvalue weighted by Crippen LogP contribution is -2.54. The van der Waals surface area contributed by atoms with Crippen molar-refractivity contribution in [2.45, 2.75) is 58.9 Å². The molecule has 4 heteroatoms. The van der Waals surface area contributed by atoms with E-state index in [1.807, 2.05) is 0 Å². The number of benzene rings is 2. The number of hydrogen-bond donors (Lipinski definition) is 0. The molecule has 190 valence electrons. The third kappa shape index (κ3) is 6.61. The van der Waals surface area contributed by atoms with Crippen LogP contribution in [-0.2, 0) is 4.79 Å². The number of nitrogens with zero attached hydrogens (tertiary/aromatic N) is 3. The number of piperazine rings is 1. The van der Waals surface area contributed by atoms with Crippen LogP contribution < -0.4 is 0 Å². The van der Waals surface area contributed by atoms with Crippen LogP contribution in [-0.4, -0.2) is 78.4 Å². The fourth-order valence-corrected chi connectivity index (χ4v) is 5.94. The molecule has 2 heterocycles. The van der Waals surface area contributed by atoms with Gasteiger partial charge in [-0.15, -0.1) is 0 Å². The van der Waals surface area contributed by atoms with Gasteiger partial charge in [-0.05, 0) is 88.7 Å². The van der Waals surface area contributed by atoms with Crippen LogP contribution in [0.25, 0.3) is 0 Å². The molecule has 0 unspecified atom stereocenters. The van der Waals surface area contributed by atoms with Gasteiger partial charge in [-0.3, -0.25) is 14.6 Å². The number of hydrogen-bond acceptors (Lipinski definition) is 4. The molecule has 2 aromatic rings. The molecule has 0 bridgehead atoms. The third-order valence-electron chi connectivity index (χ3n) is 8.24. The van der Waals surface area contributed by atoms with Crippen molar-refractivity contribution in [3.63, 3.8) is 0 Å². The molecule has 0 saturated carbocycles. The van der Waals surface area contributed by atoms with E-state index in [4.69, 9.17) is 0 Å². The van der Waals surface area contributed by atoms with E-state index >= 15 is 0 Å². The molecule has 0 aliphatic carbocycles. The minimum absolute atomic E-state index is 0.186. The van der Waals surface area contributed by atoms with Crippen molar-refractivity contribution in [2.75, 3.05) is 52.4 Å². The van der Waals surface area contributed by atoms with Gasteiger partial charge in [0, 0.05) is 38.3 Å². The normalized spacial score (nSPS) is 19.4. The van der Waals surface area contributed by atoms with E-state index in [2.05, 4.69) is 97.8 Å². The molecular weight excluding hydrogens is 430 g/mol. The largest absolute Gasteiger partial charge is 0.301 e. The van der Waals surface area contributed by atoms with Gasteiger partial charge < -0.3 is 4.90 Å². The number of aryl methyl sites for hydroxylation is 2. The molecular formula is C31H45N3O. The Morgan fingerprint density at radius 2 is 1.31 bits per heavy atom. The summed E-state index contributed by atoms with van der Waals surface area (Å²) in [6, 6.07) is 16.8. The number of likely N-dealkylation sites (tertiary alicyclic amines) is 1. The average Bonchev–Trinajstić information content (AvgIpc) is 2.83. The Kier molecular flexibility index (Phi) is 8.46. The number of carbonyl (C=O) groups excluding carboxylic acids is 1. The fraction of sp³-hybridized carbons (Fsp3) is 0.581. The van der Waals surface area contributed by atoms with Crippen molar-refractivity contribution in [1.82, 2.24) is 14.7 Å². The predicted molar refractivity (Wildman–Crippen MR) is 146 cm³/mol. The number of ketones is 1. The zero-order chi connectivity index (χ0) is 25.0. The Morgan fingerprint density at radius 1 is 0.800 bits per heavy atom. The van der Waals surface area contributed by atoms with E-state index in [9.17, 15) is 4.79 Å². The van der Waals surface area contributed by atoms with Crippen molar-refractivity contribution in [1.29, 1.82) is 0 Å². The van der Waals surface area contributed by atoms with Crippen LogP contribution in [0.15, 0.2) is 48.5 Å². The molecule has 0 N–H and O–H groups in total. The smallest absolute Gasteiger partial charge is 0.158 e. The van der Waals surface area contributed by atoms with Gasteiger partial charge in [-0.2, -0.15) is 0 Å². The first kappa shape index (κ1) is 26.1. The molecule has 0 amide bonds. The molecule has 0 radical (unpaired) electrons. The van der Waals surface area contributed by atoms with E-state index < -0.39 is 0 Å². The number of carbonyl (C=O) groups is 1. The van der Waals surface area contributed by atoms with Crippen molar-refractivity contribution in [3.05, 3.63) is 70.8 Å². The van der Waals surface area contributed by atoms with E-state index in [1.54, 1.807) is 0 Å². The van der Waals surface area contributed by atoms with Gasteiger partial charge in [0.2, 0.25) is 0 Å². The highest BCUT2D eigenvalue weighted by molar-refractivity contribution is 5.91. The maximum Gasteiger partial charge on any atom is 0.158 e. The monoisotopic (exact) mass is 475 g/mol. The second kappa shape index (κ2) is 11.4. The van der Waals surface area contributed by atoms with E-state index in [0.717, 1.165) is 30.1 Å². The molecule has 2 aromatic carbocycles. The van der Waals surface area contributed by atoms with Crippen molar-refractivity contribution < 1.29 is 4.79 Å². The first-order valence-electron chi connectivity index (χ1n) is 13.6. The van der Waals surface area contributed by atoms with Crippen LogP contribution in [0, 0.1) is 19.8 Å². The van der Waals surface area contributed by atoms with Gasteiger partial charge in [0.25, 0.3) is 0 Å². The maximum absolute atomic E-state index is 13.8. The number of Topliss-reactive ketones (excluding diaryl/α,β-unsaturated/α-hetero) is 1. The van der Waals surface area contributed by atoms with Gasteiger partial charge in [0.05, 0.1) is 12.5 Å². The summed E-state index contributed by atoms with van der Waals surface area (Å²) in [6.45, 7) is 19.8. The first-order chi connectivity index (χ1) is 16.7. The molecule has 2 saturated heterocycles. The lowest BCUT2D eigenvalue weighted by Gasteiger charge is -2.43. The minimum atomic E-state index is -0.186. The minimum Gasteiger partial charge on any atom is -0.301 e. The molecule has 4 nitrogen and oxygen atoms in total. The van der Waals surface area contributed by atoms with Gasteiger partial charge in [-0.25, -0.2) is 0 Å². The molecule has 2 aliphatic rings. The Labute approximate surface area is 213 Å². The summed E-state index contributed by atoms with van der Waals surface area (Å²) in [6.07, 6.45) is 2.40. The summed E-state index contributed by atoms with van der Waals surface area (Å²) in [5.41, 5.74) is 4.96. The lowest BCUT2D eigenvalue weighted by molar-refractivity contribution is -0.121. The van der Waals surface area contributed by atoms with Crippen LogP contribution >= 0.6 is 0 Å². The Balaban J connectivity index is 1.33. The predicted octanol–water partition coefficient (Wildman–Crippen LogP) is 5.13. The van der Waals surface area contributed by atoms with Gasteiger partial charge in [0.1, 0.15) is 0 Å². The van der Waals surface area contributed by atoms with Crippen molar-refractivity contribution in [3.8, 4) is 0 Å². The SMILES string of the molecule is Cc1ccccc1C(C(=O)CN1CCC(CN2CCN(C(C)(C)C)CC2)CC1)c1ccccc1C. The van der Waals surface area contributed by atoms with E-state index in [0.29, 0.717) is 12.3 Å². The maximum atomic E-state index is 13.8. The molecule has 0 spiro atoms. The van der Waals surface area contributed by atoms with E-state index in [-0.39, 0.29) is 11.5 Å². The van der Waals surface area contributed by atoms with Crippen LogP contribution in [0.3, 0.4) is 0 Å². The van der Waals surface area contributed by atoms with Gasteiger partial charge in [0.15, 0.2) is 5.78 Å². The summed E-state index contributed by atoms with van der Waals surface area (Å²) in [5, 5.41) is 0. The molecule has 35 heavy (non-hydrogen) atoms. The summed E-state index contributed by atoms with van der Waals surface area (Å²) in [4.78, 5) is 21.5. The lowest BCUT2D eigenvalue weighted by atomic mass is 9.83. The number of rotatable bonds is 7. The summed E-state index contributed by atoms with van der Waals surface area (Å²) < 4.78 is 0. The number of piperidine rings is 1. The molecule has 2 aliphatic heterocycles. The van der Waals surface area contributed by atoms with E-state index in [1.165, 1.54) is 56.7 Å². The quantitative estimate of drug-likeness (QED) is 0.555. The third-order valence-corrected chi connectivity index (χ3v) is 8.24. The molecule has 2 fully saturated rings. The first-order valence-corrected chi connectivity index (χ1v) is 13.6. The van der Waals surface area contributed by atoms with Crippen LogP contribution in [0.4, 0.5) is 0 Å². The van der Waals surface area contributed by atoms with Crippen molar-refractivity contribution >= 4 is 5.78 Å². The zero-order valence-electron chi connectivity index (χ0n) is 22.6. The highest BCUT2D eigenvalue weighted by Crippen LogP contribution is 2.31. The fourth-order valence-electron chi connectivity index (χ4n) is 5.94. The highest BCUT2D eigenvalue weighted by Gasteiger charge is 2.30. The highest BCUT2D eigenvalue weighted by atomic mass is 16.1. The summed E-state index contributed by atoms with van der Waals surface area (Å²) in [7, 11) is 0. The average molecular weight is 476 g/mol. The van der Waals surface area contributed by atoms with Gasteiger partial charge >= 0.3 is 0 Å². The molecule has 4 rings (SSSR count). The Morgan fingerprint density at radius 3 is 1.80 bits per heavy atom. The van der Waals surface area contributed by atoms with Gasteiger partial charge in [-0.1, -0.05) is 48.5 Å². The topological polar surface area (TPSA) is 26.8 Å². The van der Waals surface area contributed by atoms with Crippen molar-refractivity contribution in [2.24, 2.45) is 5.92 Å². The zero-order valence-corrected chi connectivity index (χ0v) is 22.6. The second-order valence-electron chi connectivity index (χ2n) is 11.8. The second-order valence-corrected chi connectivity index (χ2v) is 11.8.